The van der Waals surface area contributed by atoms with E-state index in [1.807, 2.05) is 0 Å². The molecule has 2 N–H and O–H groups in total. The largest absolute Gasteiger partial charge is 0.497 e. The third kappa shape index (κ3) is 5.13. The van der Waals surface area contributed by atoms with Crippen LogP contribution in [-0.2, 0) is 4.79 Å². The Labute approximate surface area is 145 Å². The van der Waals surface area contributed by atoms with E-state index >= 15 is 0 Å². The van der Waals surface area contributed by atoms with Gasteiger partial charge in [-0.2, -0.15) is 0 Å². The summed E-state index contributed by atoms with van der Waals surface area (Å²) in [5.74, 6) is 0.938. The third-order valence-electron chi connectivity index (χ3n) is 3.40. The average Bonchev–Trinajstić information content (AvgIpc) is 2.66. The molecule has 0 aliphatic carbocycles. The minimum Gasteiger partial charge on any atom is -0.497 e. The van der Waals surface area contributed by atoms with Gasteiger partial charge in [0, 0.05) is 17.3 Å². The molecule has 2 rings (SSSR count). The third-order valence-corrected chi connectivity index (χ3v) is 3.40. The highest BCUT2D eigenvalue weighted by molar-refractivity contribution is 5.99. The maximum atomic E-state index is 12.2. The number of anilines is 1. The lowest BCUT2D eigenvalue weighted by molar-refractivity contribution is -0.115. The lowest BCUT2D eigenvalue weighted by Gasteiger charge is -2.10. The molecule has 2 aromatic carbocycles. The molecular formula is C18H20N2O5. The van der Waals surface area contributed by atoms with E-state index in [4.69, 9.17) is 14.2 Å². The minimum atomic E-state index is -0.401. The van der Waals surface area contributed by atoms with Crippen molar-refractivity contribution >= 4 is 17.5 Å². The molecule has 2 aromatic rings. The predicted octanol–water partition coefficient (Wildman–Crippen LogP) is 2.08. The first-order chi connectivity index (χ1) is 12.0. The summed E-state index contributed by atoms with van der Waals surface area (Å²) in [5.41, 5.74) is 0.955. The Bertz CT molecular complexity index is 721. The van der Waals surface area contributed by atoms with Crippen LogP contribution in [0.4, 0.5) is 5.69 Å². The molecule has 0 spiro atoms. The first-order valence-corrected chi connectivity index (χ1v) is 7.51. The van der Waals surface area contributed by atoms with Crippen molar-refractivity contribution in [3.8, 4) is 17.2 Å². The van der Waals surface area contributed by atoms with E-state index < -0.39 is 5.91 Å². The van der Waals surface area contributed by atoms with E-state index in [1.165, 1.54) is 14.2 Å². The van der Waals surface area contributed by atoms with Crippen LogP contribution in [0.5, 0.6) is 17.2 Å². The fourth-order valence-electron chi connectivity index (χ4n) is 2.08. The molecular weight excluding hydrogens is 324 g/mol. The number of hydrogen-bond donors (Lipinski definition) is 2. The van der Waals surface area contributed by atoms with Gasteiger partial charge in [-0.1, -0.05) is 0 Å². The SMILES string of the molecule is COc1ccc(NC(=O)CNC(=O)c2cc(OC)cc(OC)c2)cc1. The molecule has 0 aromatic heterocycles. The first kappa shape index (κ1) is 18.1. The highest BCUT2D eigenvalue weighted by atomic mass is 16.5. The quantitative estimate of drug-likeness (QED) is 0.803. The van der Waals surface area contributed by atoms with Gasteiger partial charge in [0.2, 0.25) is 5.91 Å². The molecule has 2 amide bonds. The van der Waals surface area contributed by atoms with Crippen molar-refractivity contribution in [3.63, 3.8) is 0 Å². The minimum absolute atomic E-state index is 0.162. The molecule has 0 saturated heterocycles. The molecule has 132 valence electrons. The van der Waals surface area contributed by atoms with E-state index in [-0.39, 0.29) is 12.5 Å². The van der Waals surface area contributed by atoms with Crippen LogP contribution in [0, 0.1) is 0 Å². The predicted molar refractivity (Wildman–Crippen MR) is 93.5 cm³/mol. The van der Waals surface area contributed by atoms with Crippen LogP contribution in [0.25, 0.3) is 0 Å². The van der Waals surface area contributed by atoms with Crippen molar-refractivity contribution < 1.29 is 23.8 Å². The number of nitrogens with one attached hydrogen (secondary N) is 2. The van der Waals surface area contributed by atoms with Crippen LogP contribution in [0.15, 0.2) is 42.5 Å². The number of ether oxygens (including phenoxy) is 3. The molecule has 7 nitrogen and oxygen atoms in total. The summed E-state index contributed by atoms with van der Waals surface area (Å²) in [4.78, 5) is 24.1. The molecule has 0 bridgehead atoms. The van der Waals surface area contributed by atoms with Crippen LogP contribution < -0.4 is 24.8 Å². The fraction of sp³-hybridized carbons (Fsp3) is 0.222. The van der Waals surface area contributed by atoms with Gasteiger partial charge < -0.3 is 24.8 Å². The Kier molecular flexibility index (Phi) is 6.22. The highest BCUT2D eigenvalue weighted by Gasteiger charge is 2.11. The maximum absolute atomic E-state index is 12.2. The van der Waals surface area contributed by atoms with Gasteiger partial charge in [-0.25, -0.2) is 0 Å². The molecule has 0 aliphatic rings. The second kappa shape index (κ2) is 8.58. The Balaban J connectivity index is 1.93. The van der Waals surface area contributed by atoms with Crippen LogP contribution in [0.2, 0.25) is 0 Å². The van der Waals surface area contributed by atoms with Crippen molar-refractivity contribution in [2.45, 2.75) is 0 Å². The second-order valence-corrected chi connectivity index (χ2v) is 5.06. The molecule has 25 heavy (non-hydrogen) atoms. The number of amides is 2. The fourth-order valence-corrected chi connectivity index (χ4v) is 2.08. The number of benzene rings is 2. The van der Waals surface area contributed by atoms with Crippen LogP contribution in [0.1, 0.15) is 10.4 Å². The summed E-state index contributed by atoms with van der Waals surface area (Å²) in [5, 5.41) is 5.24. The molecule has 0 atom stereocenters. The van der Waals surface area contributed by atoms with Crippen molar-refractivity contribution in [3.05, 3.63) is 48.0 Å². The number of rotatable bonds is 7. The monoisotopic (exact) mass is 344 g/mol. The van der Waals surface area contributed by atoms with Crippen molar-refractivity contribution in [2.24, 2.45) is 0 Å². The van der Waals surface area contributed by atoms with Gasteiger partial charge in [-0.3, -0.25) is 9.59 Å². The van der Waals surface area contributed by atoms with Gasteiger partial charge in [0.1, 0.15) is 17.2 Å². The Morgan fingerprint density at radius 2 is 1.40 bits per heavy atom. The molecule has 0 aliphatic heterocycles. The zero-order valence-electron chi connectivity index (χ0n) is 14.3. The summed E-state index contributed by atoms with van der Waals surface area (Å²) >= 11 is 0. The number of methoxy groups -OCH3 is 3. The Hall–Kier alpha value is -3.22. The van der Waals surface area contributed by atoms with Gasteiger partial charge in [0.15, 0.2) is 0 Å². The number of carbonyl (C=O) groups is 2. The zero-order valence-corrected chi connectivity index (χ0v) is 14.3. The Morgan fingerprint density at radius 3 is 1.92 bits per heavy atom. The van der Waals surface area contributed by atoms with E-state index in [0.29, 0.717) is 28.5 Å². The molecule has 0 unspecified atom stereocenters. The summed E-state index contributed by atoms with van der Waals surface area (Å²) in [6.07, 6.45) is 0. The Morgan fingerprint density at radius 1 is 0.840 bits per heavy atom. The summed E-state index contributed by atoms with van der Waals surface area (Å²) in [6, 6.07) is 11.7. The van der Waals surface area contributed by atoms with Gasteiger partial charge in [0.05, 0.1) is 27.9 Å². The van der Waals surface area contributed by atoms with E-state index in [1.54, 1.807) is 49.6 Å². The van der Waals surface area contributed by atoms with Crippen molar-refractivity contribution in [1.82, 2.24) is 5.32 Å². The standard InChI is InChI=1S/C18H20N2O5/c1-23-14-6-4-13(5-7-14)20-17(21)11-19-18(22)12-8-15(24-2)10-16(9-12)25-3/h4-10H,11H2,1-3H3,(H,19,22)(H,20,21). The van der Waals surface area contributed by atoms with Gasteiger partial charge in [-0.15, -0.1) is 0 Å². The highest BCUT2D eigenvalue weighted by Crippen LogP contribution is 2.22. The van der Waals surface area contributed by atoms with Gasteiger partial charge in [0.25, 0.3) is 5.91 Å². The first-order valence-electron chi connectivity index (χ1n) is 7.51. The number of hydrogen-bond acceptors (Lipinski definition) is 5. The second-order valence-electron chi connectivity index (χ2n) is 5.06. The van der Waals surface area contributed by atoms with Gasteiger partial charge in [-0.05, 0) is 36.4 Å². The summed E-state index contributed by atoms with van der Waals surface area (Å²) in [6.45, 7) is -0.162. The molecule has 0 fully saturated rings. The lowest BCUT2D eigenvalue weighted by Crippen LogP contribution is -2.32. The number of carbonyl (C=O) groups excluding carboxylic acids is 2. The average molecular weight is 344 g/mol. The van der Waals surface area contributed by atoms with E-state index in [0.717, 1.165) is 0 Å². The topological polar surface area (TPSA) is 85.9 Å². The smallest absolute Gasteiger partial charge is 0.251 e. The van der Waals surface area contributed by atoms with Gasteiger partial charge >= 0.3 is 0 Å². The van der Waals surface area contributed by atoms with E-state index in [9.17, 15) is 9.59 Å². The summed E-state index contributed by atoms with van der Waals surface area (Å²) < 4.78 is 15.3. The van der Waals surface area contributed by atoms with Crippen LogP contribution in [0.3, 0.4) is 0 Å². The molecule has 7 heteroatoms. The lowest BCUT2D eigenvalue weighted by atomic mass is 10.2. The van der Waals surface area contributed by atoms with Crippen LogP contribution in [-0.4, -0.2) is 39.7 Å². The molecule has 0 heterocycles. The van der Waals surface area contributed by atoms with E-state index in [2.05, 4.69) is 10.6 Å². The van der Waals surface area contributed by atoms with Crippen molar-refractivity contribution in [1.29, 1.82) is 0 Å². The van der Waals surface area contributed by atoms with Crippen molar-refractivity contribution in [2.75, 3.05) is 33.2 Å². The molecule has 0 saturated carbocycles. The normalized spacial score (nSPS) is 9.88. The zero-order chi connectivity index (χ0) is 18.2. The van der Waals surface area contributed by atoms with Crippen LogP contribution >= 0.6 is 0 Å². The molecule has 0 radical (unpaired) electrons. The summed E-state index contributed by atoms with van der Waals surface area (Å²) in [7, 11) is 4.56. The maximum Gasteiger partial charge on any atom is 0.251 e.